The van der Waals surface area contributed by atoms with Gasteiger partial charge in [-0.25, -0.2) is 9.59 Å². The van der Waals surface area contributed by atoms with E-state index in [1.165, 1.54) is 0 Å². The zero-order valence-corrected chi connectivity index (χ0v) is 15.6. The van der Waals surface area contributed by atoms with Gasteiger partial charge in [0.25, 0.3) is 0 Å². The number of aromatic nitrogens is 3. The number of rotatable bonds is 5. The predicted octanol–water partition coefficient (Wildman–Crippen LogP) is 1.33. The molecule has 1 aliphatic heterocycles. The van der Waals surface area contributed by atoms with Crippen molar-refractivity contribution in [1.29, 1.82) is 0 Å². The Bertz CT molecular complexity index is 632. The van der Waals surface area contributed by atoms with Crippen LogP contribution < -0.4 is 16.0 Å². The normalized spacial score (nSPS) is 14.0. The van der Waals surface area contributed by atoms with Crippen molar-refractivity contribution in [2.45, 2.75) is 71.7 Å². The number of carbonyl (C=O) groups excluding carboxylic acids is 2. The third-order valence-corrected chi connectivity index (χ3v) is 3.62. The number of hydrogen-bond acceptors (Lipinski definition) is 5. The third kappa shape index (κ3) is 5.91. The van der Waals surface area contributed by atoms with E-state index in [9.17, 15) is 9.59 Å². The first-order valence-corrected chi connectivity index (χ1v) is 8.49. The molecular weight excluding hydrogens is 324 g/mol. The van der Waals surface area contributed by atoms with Crippen molar-refractivity contribution >= 4 is 12.1 Å². The molecule has 0 aromatic carbocycles. The molecule has 3 amide bonds. The minimum Gasteiger partial charge on any atom is -0.444 e. The molecule has 1 aromatic heterocycles. The summed E-state index contributed by atoms with van der Waals surface area (Å²) in [4.78, 5) is 23.8. The van der Waals surface area contributed by atoms with E-state index in [1.807, 2.05) is 18.4 Å². The van der Waals surface area contributed by atoms with E-state index in [2.05, 4.69) is 26.1 Å². The van der Waals surface area contributed by atoms with Crippen LogP contribution in [0.2, 0.25) is 0 Å². The maximum Gasteiger partial charge on any atom is 0.407 e. The summed E-state index contributed by atoms with van der Waals surface area (Å²) >= 11 is 0. The summed E-state index contributed by atoms with van der Waals surface area (Å²) in [6.07, 6.45) is 1.48. The number of nitrogens with one attached hydrogen (secondary N) is 3. The van der Waals surface area contributed by atoms with Crippen molar-refractivity contribution in [2.75, 3.05) is 6.54 Å². The number of aryl methyl sites for hydroxylation is 1. The van der Waals surface area contributed by atoms with Crippen LogP contribution in [0.3, 0.4) is 0 Å². The average Bonchev–Trinajstić information content (AvgIpc) is 3.04. The molecule has 140 valence electrons. The van der Waals surface area contributed by atoms with Gasteiger partial charge in [0.2, 0.25) is 0 Å². The van der Waals surface area contributed by atoms with Gasteiger partial charge in [-0.2, -0.15) is 0 Å². The minimum atomic E-state index is -0.631. The molecular formula is C16H28N6O3. The molecule has 0 fully saturated rings. The standard InChI is InChI=1S/C16H28N6O3/c1-15(2,3)25-14(24)18-10-16(4,5)19-13(23)17-9-12-21-20-11-7-6-8-22(11)12/h6-10H2,1-5H3,(H,18,24)(H2,17,19,23). The maximum atomic E-state index is 12.1. The lowest BCUT2D eigenvalue weighted by molar-refractivity contribution is 0.0514. The van der Waals surface area contributed by atoms with E-state index < -0.39 is 17.2 Å². The van der Waals surface area contributed by atoms with Crippen molar-refractivity contribution in [1.82, 2.24) is 30.7 Å². The molecule has 9 heteroatoms. The number of amides is 3. The fraction of sp³-hybridized carbons (Fsp3) is 0.750. The molecule has 0 atom stereocenters. The molecule has 1 aliphatic rings. The lowest BCUT2D eigenvalue weighted by Crippen LogP contribution is -2.54. The second-order valence-corrected chi connectivity index (χ2v) is 7.83. The number of nitrogens with zero attached hydrogens (tertiary/aromatic N) is 3. The Morgan fingerprint density at radius 3 is 2.56 bits per heavy atom. The molecule has 0 radical (unpaired) electrons. The minimum absolute atomic E-state index is 0.246. The Hall–Kier alpha value is -2.32. The summed E-state index contributed by atoms with van der Waals surface area (Å²) in [6, 6.07) is -0.327. The summed E-state index contributed by atoms with van der Waals surface area (Å²) in [6.45, 7) is 10.5. The van der Waals surface area contributed by atoms with Crippen LogP contribution in [0.15, 0.2) is 0 Å². The highest BCUT2D eigenvalue weighted by atomic mass is 16.6. The van der Waals surface area contributed by atoms with E-state index in [1.54, 1.807) is 20.8 Å². The first kappa shape index (κ1) is 19.0. The monoisotopic (exact) mass is 352 g/mol. The quantitative estimate of drug-likeness (QED) is 0.740. The van der Waals surface area contributed by atoms with Crippen LogP contribution in [-0.2, 0) is 24.2 Å². The van der Waals surface area contributed by atoms with Gasteiger partial charge in [-0.3, -0.25) is 0 Å². The highest BCUT2D eigenvalue weighted by Crippen LogP contribution is 2.13. The lowest BCUT2D eigenvalue weighted by atomic mass is 10.1. The maximum absolute atomic E-state index is 12.1. The Morgan fingerprint density at radius 2 is 1.88 bits per heavy atom. The molecule has 0 saturated heterocycles. The molecule has 0 aliphatic carbocycles. The van der Waals surface area contributed by atoms with Crippen molar-refractivity contribution in [3.05, 3.63) is 11.6 Å². The first-order valence-electron chi connectivity index (χ1n) is 8.49. The second-order valence-electron chi connectivity index (χ2n) is 7.83. The van der Waals surface area contributed by atoms with Gasteiger partial charge in [-0.15, -0.1) is 10.2 Å². The Kier molecular flexibility index (Phi) is 5.54. The smallest absolute Gasteiger partial charge is 0.407 e. The molecule has 1 aromatic rings. The molecule has 9 nitrogen and oxygen atoms in total. The van der Waals surface area contributed by atoms with Gasteiger partial charge in [0.15, 0.2) is 5.82 Å². The zero-order valence-electron chi connectivity index (χ0n) is 15.6. The average molecular weight is 352 g/mol. The first-order chi connectivity index (χ1) is 11.6. The molecule has 25 heavy (non-hydrogen) atoms. The van der Waals surface area contributed by atoms with Crippen LogP contribution in [0.4, 0.5) is 9.59 Å². The number of hydrogen-bond donors (Lipinski definition) is 3. The van der Waals surface area contributed by atoms with Crippen molar-refractivity contribution in [2.24, 2.45) is 0 Å². The number of alkyl carbamates (subject to hydrolysis) is 1. The Labute approximate surface area is 147 Å². The summed E-state index contributed by atoms with van der Waals surface area (Å²) in [5.41, 5.74) is -1.19. The fourth-order valence-electron chi connectivity index (χ4n) is 2.50. The van der Waals surface area contributed by atoms with Crippen LogP contribution in [-0.4, -0.2) is 44.6 Å². The van der Waals surface area contributed by atoms with Crippen LogP contribution >= 0.6 is 0 Å². The van der Waals surface area contributed by atoms with E-state index in [0.717, 1.165) is 31.0 Å². The zero-order chi connectivity index (χ0) is 18.7. The van der Waals surface area contributed by atoms with Gasteiger partial charge in [-0.1, -0.05) is 0 Å². The van der Waals surface area contributed by atoms with Gasteiger partial charge in [0, 0.05) is 19.5 Å². The SMILES string of the molecule is CC(C)(CNC(=O)OC(C)(C)C)NC(=O)NCc1nnc2n1CCC2. The van der Waals surface area contributed by atoms with E-state index in [-0.39, 0.29) is 12.6 Å². The Balaban J connectivity index is 1.75. The van der Waals surface area contributed by atoms with Gasteiger partial charge < -0.3 is 25.3 Å². The number of carbonyl (C=O) groups is 2. The number of ether oxygens (including phenoxy) is 1. The predicted molar refractivity (Wildman–Crippen MR) is 92.0 cm³/mol. The molecule has 2 rings (SSSR count). The molecule has 2 heterocycles. The van der Waals surface area contributed by atoms with Crippen molar-refractivity contribution in [3.63, 3.8) is 0 Å². The van der Waals surface area contributed by atoms with Gasteiger partial charge >= 0.3 is 12.1 Å². The Morgan fingerprint density at radius 1 is 1.16 bits per heavy atom. The summed E-state index contributed by atoms with van der Waals surface area (Å²) in [5.74, 6) is 1.73. The highest BCUT2D eigenvalue weighted by molar-refractivity contribution is 5.75. The van der Waals surface area contributed by atoms with Gasteiger partial charge in [0.1, 0.15) is 11.4 Å². The molecule has 0 saturated carbocycles. The summed E-state index contributed by atoms with van der Waals surface area (Å²) < 4.78 is 7.22. The van der Waals surface area contributed by atoms with Gasteiger partial charge in [0.05, 0.1) is 12.1 Å². The highest BCUT2D eigenvalue weighted by Gasteiger charge is 2.24. The lowest BCUT2D eigenvalue weighted by Gasteiger charge is -2.27. The van der Waals surface area contributed by atoms with E-state index in [0.29, 0.717) is 6.54 Å². The van der Waals surface area contributed by atoms with Crippen LogP contribution in [0.1, 0.15) is 52.7 Å². The van der Waals surface area contributed by atoms with Crippen LogP contribution in [0, 0.1) is 0 Å². The summed E-state index contributed by atoms with van der Waals surface area (Å²) in [7, 11) is 0. The largest absolute Gasteiger partial charge is 0.444 e. The van der Waals surface area contributed by atoms with Crippen molar-refractivity contribution < 1.29 is 14.3 Å². The van der Waals surface area contributed by atoms with E-state index >= 15 is 0 Å². The number of fused-ring (bicyclic) bond motifs is 1. The number of urea groups is 1. The molecule has 3 N–H and O–H groups in total. The van der Waals surface area contributed by atoms with Crippen molar-refractivity contribution in [3.8, 4) is 0 Å². The molecule has 0 spiro atoms. The molecule has 0 unspecified atom stereocenters. The second kappa shape index (κ2) is 7.28. The third-order valence-electron chi connectivity index (χ3n) is 3.62. The van der Waals surface area contributed by atoms with E-state index in [4.69, 9.17) is 4.74 Å². The van der Waals surface area contributed by atoms with Crippen LogP contribution in [0.25, 0.3) is 0 Å². The summed E-state index contributed by atoms with van der Waals surface area (Å²) in [5, 5.41) is 16.5. The molecule has 0 bridgehead atoms. The van der Waals surface area contributed by atoms with Crippen LogP contribution in [0.5, 0.6) is 0 Å². The topological polar surface area (TPSA) is 110 Å². The fourth-order valence-corrected chi connectivity index (χ4v) is 2.50. The van der Waals surface area contributed by atoms with Gasteiger partial charge in [-0.05, 0) is 41.0 Å².